The number of piperazine rings is 1. The third-order valence-electron chi connectivity index (χ3n) is 4.70. The van der Waals surface area contributed by atoms with Crippen molar-refractivity contribution in [2.75, 3.05) is 46.9 Å². The Kier molecular flexibility index (Phi) is 5.78. The number of methoxy groups -OCH3 is 1. The Balaban J connectivity index is 1.96. The topological polar surface area (TPSA) is 61.7 Å². The fraction of sp³-hybridized carbons (Fsp3) is 0.562. The van der Waals surface area contributed by atoms with Gasteiger partial charge in [0.2, 0.25) is 5.82 Å². The lowest BCUT2D eigenvalue weighted by Crippen LogP contribution is -3.27. The van der Waals surface area contributed by atoms with Crippen molar-refractivity contribution < 1.29 is 14.5 Å². The Morgan fingerprint density at radius 2 is 2.00 bits per heavy atom. The molecule has 8 heteroatoms. The van der Waals surface area contributed by atoms with E-state index in [1.807, 2.05) is 22.9 Å². The molecular weight excluding hydrogens is 328 g/mol. The van der Waals surface area contributed by atoms with Gasteiger partial charge in [-0.3, -0.25) is 0 Å². The van der Waals surface area contributed by atoms with Crippen LogP contribution in [0.5, 0.6) is 0 Å². The molecule has 1 fully saturated rings. The van der Waals surface area contributed by atoms with Gasteiger partial charge < -0.3 is 14.5 Å². The van der Waals surface area contributed by atoms with Crippen LogP contribution < -0.4 is 9.80 Å². The Labute approximate surface area is 147 Å². The number of likely N-dealkylation sites (N-methyl/N-ethyl adjacent to an activating group) is 1. The summed E-state index contributed by atoms with van der Waals surface area (Å²) in [5.74, 6) is 0.856. The number of nitrogens with zero attached hydrogens (tertiary/aromatic N) is 4. The molecule has 1 aliphatic heterocycles. The van der Waals surface area contributed by atoms with Crippen LogP contribution in [0.1, 0.15) is 17.4 Å². The van der Waals surface area contributed by atoms with Crippen molar-refractivity contribution in [3.63, 3.8) is 0 Å². The standard InChI is InChI=1S/C16H23ClN6O/c1-21-7-9-22(10-8-21)15(13-5-3-4-6-14(13)17)16-18-19-20-23(16)11-12-24-2/h3-6,15H,7-12H2,1-2H3/p+2/t15-/m1/s1. The van der Waals surface area contributed by atoms with Crippen LogP contribution in [0.2, 0.25) is 5.02 Å². The van der Waals surface area contributed by atoms with Gasteiger partial charge in [0.25, 0.3) is 0 Å². The summed E-state index contributed by atoms with van der Waals surface area (Å²) in [5.41, 5.74) is 1.09. The average Bonchev–Trinajstić information content (AvgIpc) is 3.05. The minimum atomic E-state index is 0.0404. The summed E-state index contributed by atoms with van der Waals surface area (Å²) in [4.78, 5) is 3.03. The first-order valence-electron chi connectivity index (χ1n) is 8.36. The Morgan fingerprint density at radius 3 is 2.71 bits per heavy atom. The van der Waals surface area contributed by atoms with E-state index in [-0.39, 0.29) is 6.04 Å². The van der Waals surface area contributed by atoms with Crippen molar-refractivity contribution in [3.8, 4) is 0 Å². The molecule has 130 valence electrons. The van der Waals surface area contributed by atoms with Crippen molar-refractivity contribution in [1.29, 1.82) is 0 Å². The molecule has 0 radical (unpaired) electrons. The first-order chi connectivity index (χ1) is 11.7. The van der Waals surface area contributed by atoms with E-state index in [9.17, 15) is 0 Å². The molecular formula is C16H25ClN6O+2. The van der Waals surface area contributed by atoms with Gasteiger partial charge in [0.15, 0.2) is 6.04 Å². The molecule has 0 bridgehead atoms. The van der Waals surface area contributed by atoms with Gasteiger partial charge in [-0.25, -0.2) is 4.68 Å². The summed E-state index contributed by atoms with van der Waals surface area (Å²) >= 11 is 6.52. The lowest BCUT2D eigenvalue weighted by Gasteiger charge is -2.33. The molecule has 1 aromatic carbocycles. The maximum atomic E-state index is 6.52. The summed E-state index contributed by atoms with van der Waals surface area (Å²) < 4.78 is 7.03. The van der Waals surface area contributed by atoms with Crippen LogP contribution in [0, 0.1) is 0 Å². The van der Waals surface area contributed by atoms with Crippen molar-refractivity contribution >= 4 is 11.6 Å². The monoisotopic (exact) mass is 352 g/mol. The van der Waals surface area contributed by atoms with Crippen molar-refractivity contribution in [1.82, 2.24) is 20.2 Å². The van der Waals surface area contributed by atoms with Crippen LogP contribution in [0.4, 0.5) is 0 Å². The highest BCUT2D eigenvalue weighted by atomic mass is 35.5. The highest BCUT2D eigenvalue weighted by Crippen LogP contribution is 2.24. The molecule has 2 N–H and O–H groups in total. The maximum Gasteiger partial charge on any atom is 0.214 e. The SMILES string of the molecule is COCCn1nnnc1[C@@H](c1ccccc1Cl)[NH+]1CC[NH+](C)CC1. The summed E-state index contributed by atoms with van der Waals surface area (Å²) in [7, 11) is 3.92. The Bertz CT molecular complexity index is 656. The fourth-order valence-corrected chi connectivity index (χ4v) is 3.54. The summed E-state index contributed by atoms with van der Waals surface area (Å²) in [5, 5.41) is 13.2. The molecule has 1 atom stereocenters. The maximum absolute atomic E-state index is 6.52. The third-order valence-corrected chi connectivity index (χ3v) is 5.04. The second-order valence-electron chi connectivity index (χ2n) is 6.32. The van der Waals surface area contributed by atoms with Crippen molar-refractivity contribution in [2.24, 2.45) is 0 Å². The van der Waals surface area contributed by atoms with E-state index in [2.05, 4.69) is 28.6 Å². The predicted molar refractivity (Wildman–Crippen MR) is 90.3 cm³/mol. The second kappa shape index (κ2) is 8.02. The zero-order valence-electron chi connectivity index (χ0n) is 14.2. The number of tetrazole rings is 1. The number of ether oxygens (including phenoxy) is 1. The number of nitrogens with one attached hydrogen (secondary N) is 2. The third kappa shape index (κ3) is 3.75. The molecule has 0 saturated carbocycles. The second-order valence-corrected chi connectivity index (χ2v) is 6.73. The van der Waals surface area contributed by atoms with Crippen LogP contribution >= 0.6 is 11.6 Å². The highest BCUT2D eigenvalue weighted by molar-refractivity contribution is 6.31. The van der Waals surface area contributed by atoms with Gasteiger partial charge in [-0.2, -0.15) is 0 Å². The predicted octanol–water partition coefficient (Wildman–Crippen LogP) is -1.52. The molecule has 2 aromatic rings. The fourth-order valence-electron chi connectivity index (χ4n) is 3.29. The van der Waals surface area contributed by atoms with E-state index < -0.39 is 0 Å². The molecule has 1 aliphatic rings. The molecule has 7 nitrogen and oxygen atoms in total. The summed E-state index contributed by atoms with van der Waals surface area (Å²) in [6.45, 7) is 5.62. The Morgan fingerprint density at radius 1 is 1.25 bits per heavy atom. The number of hydrogen-bond acceptors (Lipinski definition) is 4. The van der Waals surface area contributed by atoms with Crippen LogP contribution in [-0.4, -0.2) is 67.2 Å². The Hall–Kier alpha value is -1.54. The van der Waals surface area contributed by atoms with Crippen LogP contribution in [-0.2, 0) is 11.3 Å². The quantitative estimate of drug-likeness (QED) is 0.662. The molecule has 0 unspecified atom stereocenters. The minimum Gasteiger partial charge on any atom is -0.383 e. The summed E-state index contributed by atoms with van der Waals surface area (Å²) in [6, 6.07) is 8.05. The number of quaternary nitrogens is 2. The van der Waals surface area contributed by atoms with Gasteiger partial charge in [-0.1, -0.05) is 29.8 Å². The average molecular weight is 353 g/mol. The van der Waals surface area contributed by atoms with E-state index in [0.717, 1.165) is 42.6 Å². The normalized spacial score (nSPS) is 22.5. The first kappa shape index (κ1) is 17.3. The molecule has 3 rings (SSSR count). The number of halogens is 1. The minimum absolute atomic E-state index is 0.0404. The highest BCUT2D eigenvalue weighted by Gasteiger charge is 2.35. The van der Waals surface area contributed by atoms with E-state index >= 15 is 0 Å². The molecule has 1 aromatic heterocycles. The molecule has 0 spiro atoms. The lowest BCUT2D eigenvalue weighted by atomic mass is 10.0. The number of benzene rings is 1. The van der Waals surface area contributed by atoms with Crippen molar-refractivity contribution in [3.05, 3.63) is 40.7 Å². The van der Waals surface area contributed by atoms with Gasteiger partial charge >= 0.3 is 0 Å². The zero-order valence-corrected chi connectivity index (χ0v) is 15.0. The van der Waals surface area contributed by atoms with E-state index in [1.54, 1.807) is 12.0 Å². The molecule has 2 heterocycles. The molecule has 0 aliphatic carbocycles. The van der Waals surface area contributed by atoms with Gasteiger partial charge in [-0.05, 0) is 16.5 Å². The number of hydrogen-bond donors (Lipinski definition) is 2. The van der Waals surface area contributed by atoms with E-state index in [0.29, 0.717) is 13.2 Å². The van der Waals surface area contributed by atoms with Crippen molar-refractivity contribution in [2.45, 2.75) is 12.6 Å². The molecule has 1 saturated heterocycles. The first-order valence-corrected chi connectivity index (χ1v) is 8.73. The van der Waals surface area contributed by atoms with Crippen LogP contribution in [0.25, 0.3) is 0 Å². The summed E-state index contributed by atoms with van der Waals surface area (Å²) in [6.07, 6.45) is 0. The number of rotatable bonds is 6. The van der Waals surface area contributed by atoms with Gasteiger partial charge in [-0.15, -0.1) is 5.10 Å². The largest absolute Gasteiger partial charge is 0.383 e. The lowest BCUT2D eigenvalue weighted by molar-refractivity contribution is -1.02. The molecule has 24 heavy (non-hydrogen) atoms. The zero-order chi connectivity index (χ0) is 16.9. The number of aromatic nitrogens is 4. The smallest absolute Gasteiger partial charge is 0.214 e. The van der Waals surface area contributed by atoms with Crippen LogP contribution in [0.15, 0.2) is 24.3 Å². The van der Waals surface area contributed by atoms with E-state index in [4.69, 9.17) is 16.3 Å². The van der Waals surface area contributed by atoms with Crippen LogP contribution in [0.3, 0.4) is 0 Å². The van der Waals surface area contributed by atoms with E-state index in [1.165, 1.54) is 4.90 Å². The van der Waals surface area contributed by atoms with Gasteiger partial charge in [0, 0.05) is 12.7 Å². The van der Waals surface area contributed by atoms with Gasteiger partial charge in [0.1, 0.15) is 26.2 Å². The van der Waals surface area contributed by atoms with Gasteiger partial charge in [0.05, 0.1) is 25.2 Å². The molecule has 0 amide bonds.